The minimum Gasteiger partial charge on any atom is -0.453 e. The third-order valence-electron chi connectivity index (χ3n) is 12.2. The molecule has 314 valence electrons. The van der Waals surface area contributed by atoms with Crippen LogP contribution in [-0.2, 0) is 23.8 Å². The Morgan fingerprint density at radius 2 is 1.17 bits per heavy atom. The molecular weight excluding hydrogens is 753 g/mol. The van der Waals surface area contributed by atoms with Gasteiger partial charge in [0.2, 0.25) is 11.8 Å². The second-order valence-corrected chi connectivity index (χ2v) is 16.5. The number of aromatic nitrogens is 4. The Morgan fingerprint density at radius 3 is 1.66 bits per heavy atom. The van der Waals surface area contributed by atoms with Crippen LogP contribution in [0.2, 0.25) is 0 Å². The van der Waals surface area contributed by atoms with Gasteiger partial charge in [-0.1, -0.05) is 76.2 Å². The van der Waals surface area contributed by atoms with E-state index in [-0.39, 0.29) is 41.3 Å². The number of nitrogens with one attached hydrogen (secondary N) is 4. The van der Waals surface area contributed by atoms with E-state index in [0.29, 0.717) is 19.8 Å². The maximum absolute atomic E-state index is 14.4. The van der Waals surface area contributed by atoms with Crippen LogP contribution in [0.5, 0.6) is 0 Å². The molecule has 2 aromatic carbocycles. The third kappa shape index (κ3) is 8.56. The van der Waals surface area contributed by atoms with Crippen molar-refractivity contribution in [2.24, 2.45) is 11.8 Å². The summed E-state index contributed by atoms with van der Waals surface area (Å²) in [6, 6.07) is 14.6. The Labute approximate surface area is 345 Å². The van der Waals surface area contributed by atoms with E-state index in [2.05, 4.69) is 74.1 Å². The molecule has 3 aliphatic heterocycles. The molecule has 3 aliphatic rings. The van der Waals surface area contributed by atoms with E-state index < -0.39 is 24.3 Å². The zero-order chi connectivity index (χ0) is 41.8. The summed E-state index contributed by atoms with van der Waals surface area (Å²) < 4.78 is 15.3. The molecule has 4 atom stereocenters. The number of amides is 4. The van der Waals surface area contributed by atoms with Crippen molar-refractivity contribution < 1.29 is 33.4 Å². The van der Waals surface area contributed by atoms with Gasteiger partial charge in [0.25, 0.3) is 0 Å². The number of benzene rings is 2. The average Bonchev–Trinajstić information content (AvgIpc) is 4.08. The molecule has 4 unspecified atom stereocenters. The number of alkyl carbamates (subject to hydrolysis) is 2. The number of carbonyl (C=O) groups excluding carboxylic acids is 4. The highest BCUT2D eigenvalue weighted by atomic mass is 16.5. The molecule has 7 rings (SSSR count). The number of hydrogen-bond acceptors (Lipinski definition) is 9. The summed E-state index contributed by atoms with van der Waals surface area (Å²) in [6.07, 6.45) is 7.05. The minimum absolute atomic E-state index is 0.108. The summed E-state index contributed by atoms with van der Waals surface area (Å²) >= 11 is 0. The highest BCUT2D eigenvalue weighted by Gasteiger charge is 2.52. The lowest BCUT2D eigenvalue weighted by Gasteiger charge is -2.45. The number of nitrogens with zero attached hydrogens (tertiary/aromatic N) is 4. The molecule has 0 saturated carbocycles. The lowest BCUT2D eigenvalue weighted by molar-refractivity contribution is -0.145. The number of rotatable bonds is 11. The van der Waals surface area contributed by atoms with E-state index in [1.165, 1.54) is 14.2 Å². The number of likely N-dealkylation sites (tertiary alicyclic amines) is 2. The Hall–Kier alpha value is -5.70. The van der Waals surface area contributed by atoms with Gasteiger partial charge in [-0.05, 0) is 72.6 Å². The molecule has 3 saturated heterocycles. The van der Waals surface area contributed by atoms with Crippen molar-refractivity contribution in [3.63, 3.8) is 0 Å². The highest BCUT2D eigenvalue weighted by molar-refractivity contribution is 5.88. The molecule has 59 heavy (non-hydrogen) atoms. The molecule has 4 N–H and O–H groups in total. The average molecular weight is 809 g/mol. The lowest BCUT2D eigenvalue weighted by Crippen LogP contribution is -2.58. The molecule has 3 fully saturated rings. The zero-order valence-corrected chi connectivity index (χ0v) is 34.7. The summed E-state index contributed by atoms with van der Waals surface area (Å²) in [6.45, 7) is 9.40. The van der Waals surface area contributed by atoms with Crippen LogP contribution in [0.3, 0.4) is 0 Å². The third-order valence-corrected chi connectivity index (χ3v) is 12.2. The molecule has 5 heterocycles. The summed E-state index contributed by atoms with van der Waals surface area (Å²) in [4.78, 5) is 72.4. The summed E-state index contributed by atoms with van der Waals surface area (Å²) in [5.74, 6) is 0.920. The van der Waals surface area contributed by atoms with Crippen molar-refractivity contribution in [1.82, 2.24) is 40.4 Å². The smallest absolute Gasteiger partial charge is 0.407 e. The summed E-state index contributed by atoms with van der Waals surface area (Å²) in [5.41, 5.74) is 5.39. The number of carbonyl (C=O) groups is 4. The predicted molar refractivity (Wildman–Crippen MR) is 221 cm³/mol. The maximum atomic E-state index is 14.4. The van der Waals surface area contributed by atoms with Crippen molar-refractivity contribution in [2.45, 2.75) is 95.9 Å². The Bertz CT molecular complexity index is 2100. The van der Waals surface area contributed by atoms with Gasteiger partial charge in [0.1, 0.15) is 23.7 Å². The predicted octanol–water partition coefficient (Wildman–Crippen LogP) is 6.77. The van der Waals surface area contributed by atoms with Crippen molar-refractivity contribution >= 4 is 24.0 Å². The van der Waals surface area contributed by atoms with E-state index in [1.54, 1.807) is 6.20 Å². The van der Waals surface area contributed by atoms with Crippen LogP contribution in [0, 0.1) is 11.8 Å². The van der Waals surface area contributed by atoms with E-state index in [0.717, 1.165) is 83.8 Å². The molecule has 0 aliphatic carbocycles. The van der Waals surface area contributed by atoms with Crippen LogP contribution >= 0.6 is 0 Å². The molecule has 4 amide bonds. The molecular formula is C44H56N8O7. The topological polar surface area (TPSA) is 184 Å². The number of ether oxygens (including phenoxy) is 3. The SMILES string of the molecule is COC(=O)NC(C(=O)N1CCCC1c1ncc(-c2ccc(-c3ccc(-c4cnc(C5CCC6(CCOCC6)N5C(=O)C(NC(=O)OC)C(C)C)[nH]4)cc3)cc2)[nH]1)C(C)C. The molecule has 0 radical (unpaired) electrons. The zero-order valence-electron chi connectivity index (χ0n) is 34.7. The van der Waals surface area contributed by atoms with Crippen molar-refractivity contribution in [1.29, 1.82) is 0 Å². The van der Waals surface area contributed by atoms with E-state index in [4.69, 9.17) is 19.2 Å². The number of methoxy groups -OCH3 is 2. The number of H-pyrrole nitrogens is 2. The minimum atomic E-state index is -0.738. The van der Waals surface area contributed by atoms with Gasteiger partial charge in [0.05, 0.1) is 50.1 Å². The number of hydrogen-bond donors (Lipinski definition) is 4. The standard InChI is InChI=1S/C44H56N8O7/c1-26(2)36(49-42(55)57-5)40(53)51-21-7-8-34(51)38-45-24-32(47-38)30-13-9-28(10-14-30)29-11-15-31(16-12-29)33-25-46-39(48-33)35-17-18-44(19-22-59-23-20-44)52(35)41(54)37(27(3)4)50-43(56)58-6/h9-16,24-27,34-37H,7-8,17-23H2,1-6H3,(H,45,47)(H,46,48)(H,49,55)(H,50,56). The van der Waals surface area contributed by atoms with Gasteiger partial charge >= 0.3 is 12.2 Å². The van der Waals surface area contributed by atoms with Gasteiger partial charge in [-0.2, -0.15) is 0 Å². The first-order valence-corrected chi connectivity index (χ1v) is 20.6. The van der Waals surface area contributed by atoms with Crippen LogP contribution < -0.4 is 10.6 Å². The Morgan fingerprint density at radius 1 is 0.695 bits per heavy atom. The molecule has 4 aromatic rings. The Balaban J connectivity index is 1.04. The van der Waals surface area contributed by atoms with Crippen LogP contribution in [0.4, 0.5) is 9.59 Å². The fourth-order valence-electron chi connectivity index (χ4n) is 8.91. The van der Waals surface area contributed by atoms with Crippen LogP contribution in [0.1, 0.15) is 90.0 Å². The van der Waals surface area contributed by atoms with Gasteiger partial charge in [0, 0.05) is 25.3 Å². The molecule has 15 nitrogen and oxygen atoms in total. The van der Waals surface area contributed by atoms with Gasteiger partial charge < -0.3 is 44.6 Å². The van der Waals surface area contributed by atoms with Crippen molar-refractivity contribution in [3.8, 4) is 33.6 Å². The molecule has 1 spiro atoms. The van der Waals surface area contributed by atoms with Gasteiger partial charge in [-0.3, -0.25) is 9.59 Å². The lowest BCUT2D eigenvalue weighted by atomic mass is 9.86. The quantitative estimate of drug-likeness (QED) is 0.127. The summed E-state index contributed by atoms with van der Waals surface area (Å²) in [7, 11) is 2.59. The number of imidazole rings is 2. The molecule has 15 heteroatoms. The first kappa shape index (κ1) is 41.5. The van der Waals surface area contributed by atoms with Crippen LogP contribution in [0.15, 0.2) is 60.9 Å². The normalized spacial score (nSPS) is 19.9. The van der Waals surface area contributed by atoms with E-state index in [1.807, 2.05) is 43.7 Å². The van der Waals surface area contributed by atoms with E-state index in [9.17, 15) is 19.2 Å². The van der Waals surface area contributed by atoms with Crippen molar-refractivity contribution in [2.75, 3.05) is 34.0 Å². The van der Waals surface area contributed by atoms with Gasteiger partial charge in [-0.25, -0.2) is 19.6 Å². The summed E-state index contributed by atoms with van der Waals surface area (Å²) in [5, 5.41) is 5.48. The van der Waals surface area contributed by atoms with Crippen LogP contribution in [-0.4, -0.2) is 105 Å². The Kier molecular flexibility index (Phi) is 12.4. The maximum Gasteiger partial charge on any atom is 0.407 e. The van der Waals surface area contributed by atoms with Crippen molar-refractivity contribution in [3.05, 3.63) is 72.6 Å². The molecule has 0 bridgehead atoms. The largest absolute Gasteiger partial charge is 0.453 e. The first-order chi connectivity index (χ1) is 28.4. The van der Waals surface area contributed by atoms with Crippen LogP contribution in [0.25, 0.3) is 33.6 Å². The number of aromatic amines is 2. The molecule has 2 aromatic heterocycles. The fraction of sp³-hybridized carbons (Fsp3) is 0.500. The second kappa shape index (κ2) is 17.7. The first-order valence-electron chi connectivity index (χ1n) is 20.6. The fourth-order valence-corrected chi connectivity index (χ4v) is 8.91. The second-order valence-electron chi connectivity index (χ2n) is 16.5. The van der Waals surface area contributed by atoms with Gasteiger partial charge in [0.15, 0.2) is 0 Å². The monoisotopic (exact) mass is 808 g/mol. The highest BCUT2D eigenvalue weighted by Crippen LogP contribution is 2.48. The van der Waals surface area contributed by atoms with Gasteiger partial charge in [-0.15, -0.1) is 0 Å². The van der Waals surface area contributed by atoms with E-state index >= 15 is 0 Å².